The van der Waals surface area contributed by atoms with Crippen LogP contribution in [-0.2, 0) is 6.61 Å². The summed E-state index contributed by atoms with van der Waals surface area (Å²) in [6.07, 6.45) is 3.99. The van der Waals surface area contributed by atoms with Gasteiger partial charge in [-0.3, -0.25) is 0 Å². The van der Waals surface area contributed by atoms with Gasteiger partial charge in [-0.15, -0.1) is 0 Å². The van der Waals surface area contributed by atoms with Crippen LogP contribution in [0.1, 0.15) is 16.8 Å². The molecule has 0 radical (unpaired) electrons. The van der Waals surface area contributed by atoms with Crippen LogP contribution in [0.15, 0.2) is 48.8 Å². The first-order valence-corrected chi connectivity index (χ1v) is 6.34. The number of aromatic nitrogens is 2. The fourth-order valence-corrected chi connectivity index (χ4v) is 2.23. The van der Waals surface area contributed by atoms with E-state index >= 15 is 0 Å². The van der Waals surface area contributed by atoms with E-state index in [0.29, 0.717) is 6.61 Å². The first-order chi connectivity index (χ1) is 9.20. The second kappa shape index (κ2) is 4.76. The molecule has 0 saturated heterocycles. The number of nitrogens with zero attached hydrogens (tertiary/aromatic N) is 2. The summed E-state index contributed by atoms with van der Waals surface area (Å²) in [5, 5.41) is 0. The van der Waals surface area contributed by atoms with E-state index in [-0.39, 0.29) is 0 Å². The summed E-state index contributed by atoms with van der Waals surface area (Å²) in [5.74, 6) is 0.898. The molecule has 0 spiro atoms. The molecule has 2 aromatic heterocycles. The number of hydrogen-bond acceptors (Lipinski definition) is 2. The highest BCUT2D eigenvalue weighted by Crippen LogP contribution is 2.17. The number of fused-ring (bicyclic) bond motifs is 1. The van der Waals surface area contributed by atoms with Gasteiger partial charge in [-0.05, 0) is 49.2 Å². The highest BCUT2D eigenvalue weighted by atomic mass is 16.5. The summed E-state index contributed by atoms with van der Waals surface area (Å²) in [6, 6.07) is 12.2. The second-order valence-corrected chi connectivity index (χ2v) is 4.81. The van der Waals surface area contributed by atoms with Crippen LogP contribution < -0.4 is 4.74 Å². The van der Waals surface area contributed by atoms with Crippen LogP contribution in [0.4, 0.5) is 0 Å². The first kappa shape index (κ1) is 11.8. The smallest absolute Gasteiger partial charge is 0.137 e. The molecule has 1 aromatic carbocycles. The molecular weight excluding hydrogens is 236 g/mol. The van der Waals surface area contributed by atoms with Gasteiger partial charge < -0.3 is 9.14 Å². The molecule has 3 nitrogen and oxygen atoms in total. The van der Waals surface area contributed by atoms with Gasteiger partial charge in [-0.2, -0.15) is 0 Å². The molecule has 0 bridgehead atoms. The number of hydrogen-bond donors (Lipinski definition) is 0. The number of aryl methyl sites for hydroxylation is 2. The zero-order chi connectivity index (χ0) is 13.2. The van der Waals surface area contributed by atoms with Crippen LogP contribution in [0.5, 0.6) is 5.75 Å². The van der Waals surface area contributed by atoms with Crippen molar-refractivity contribution in [3.8, 4) is 5.75 Å². The number of imidazole rings is 1. The maximum absolute atomic E-state index is 5.81. The van der Waals surface area contributed by atoms with Crippen LogP contribution in [-0.4, -0.2) is 9.38 Å². The lowest BCUT2D eigenvalue weighted by Crippen LogP contribution is -1.96. The molecule has 0 N–H and O–H groups in total. The van der Waals surface area contributed by atoms with Gasteiger partial charge in [0.2, 0.25) is 0 Å². The highest BCUT2D eigenvalue weighted by molar-refractivity contribution is 5.39. The first-order valence-electron chi connectivity index (χ1n) is 6.34. The average molecular weight is 252 g/mol. The Bertz CT molecular complexity index is 662. The summed E-state index contributed by atoms with van der Waals surface area (Å²) in [5.41, 5.74) is 4.31. The summed E-state index contributed by atoms with van der Waals surface area (Å²) in [4.78, 5) is 4.51. The Hall–Kier alpha value is -2.29. The van der Waals surface area contributed by atoms with Crippen molar-refractivity contribution in [3.05, 3.63) is 65.6 Å². The van der Waals surface area contributed by atoms with Gasteiger partial charge in [0.1, 0.15) is 18.0 Å². The van der Waals surface area contributed by atoms with Gasteiger partial charge in [0.25, 0.3) is 0 Å². The maximum atomic E-state index is 5.81. The number of benzene rings is 1. The van der Waals surface area contributed by atoms with Crippen LogP contribution in [0, 0.1) is 13.8 Å². The standard InChI is InChI=1S/C16H16N2O/c1-12-7-13(2)9-15(8-12)19-11-14-10-18-6-4-3-5-16(18)17-14/h3-10H,11H2,1-2H3. The molecule has 0 saturated carbocycles. The Labute approximate surface area is 112 Å². The van der Waals surface area contributed by atoms with E-state index < -0.39 is 0 Å². The molecule has 96 valence electrons. The fraction of sp³-hybridized carbons (Fsp3) is 0.188. The van der Waals surface area contributed by atoms with Crippen LogP contribution in [0.3, 0.4) is 0 Å². The highest BCUT2D eigenvalue weighted by Gasteiger charge is 2.02. The molecule has 0 amide bonds. The quantitative estimate of drug-likeness (QED) is 0.713. The van der Waals surface area contributed by atoms with E-state index in [1.165, 1.54) is 11.1 Å². The van der Waals surface area contributed by atoms with Crippen molar-refractivity contribution in [3.63, 3.8) is 0 Å². The molecule has 0 atom stereocenters. The molecule has 0 aliphatic rings. The topological polar surface area (TPSA) is 26.5 Å². The van der Waals surface area contributed by atoms with Gasteiger partial charge in [0, 0.05) is 12.4 Å². The molecule has 0 aliphatic carbocycles. The Kier molecular flexibility index (Phi) is 2.95. The van der Waals surface area contributed by atoms with Gasteiger partial charge in [0.15, 0.2) is 0 Å². The Balaban J connectivity index is 1.78. The lowest BCUT2D eigenvalue weighted by atomic mass is 10.1. The lowest BCUT2D eigenvalue weighted by molar-refractivity contribution is 0.301. The molecule has 0 aliphatic heterocycles. The van der Waals surface area contributed by atoms with E-state index in [1.54, 1.807) is 0 Å². The molecule has 3 aromatic rings. The number of rotatable bonds is 3. The van der Waals surface area contributed by atoms with Gasteiger partial charge in [0.05, 0.1) is 5.69 Å². The van der Waals surface area contributed by atoms with Gasteiger partial charge >= 0.3 is 0 Å². The Morgan fingerprint density at radius 1 is 1.11 bits per heavy atom. The van der Waals surface area contributed by atoms with Crippen molar-refractivity contribution in [2.24, 2.45) is 0 Å². The van der Waals surface area contributed by atoms with E-state index in [0.717, 1.165) is 17.1 Å². The van der Waals surface area contributed by atoms with Crippen molar-refractivity contribution < 1.29 is 4.74 Å². The third kappa shape index (κ3) is 2.60. The lowest BCUT2D eigenvalue weighted by Gasteiger charge is -2.06. The van der Waals surface area contributed by atoms with Crippen molar-refractivity contribution in [2.75, 3.05) is 0 Å². The van der Waals surface area contributed by atoms with Gasteiger partial charge in [-0.25, -0.2) is 4.98 Å². The monoisotopic (exact) mass is 252 g/mol. The summed E-state index contributed by atoms with van der Waals surface area (Å²) in [6.45, 7) is 4.64. The van der Waals surface area contributed by atoms with Crippen LogP contribution >= 0.6 is 0 Å². The van der Waals surface area contributed by atoms with Crippen molar-refractivity contribution >= 4 is 5.65 Å². The molecule has 3 heteroatoms. The number of ether oxygens (including phenoxy) is 1. The normalized spacial score (nSPS) is 10.8. The maximum Gasteiger partial charge on any atom is 0.137 e. The van der Waals surface area contributed by atoms with Crippen LogP contribution in [0.25, 0.3) is 5.65 Å². The zero-order valence-corrected chi connectivity index (χ0v) is 11.1. The number of pyridine rings is 1. The van der Waals surface area contributed by atoms with Crippen molar-refractivity contribution in [1.82, 2.24) is 9.38 Å². The third-order valence-corrected chi connectivity index (χ3v) is 3.00. The van der Waals surface area contributed by atoms with E-state index in [1.807, 2.05) is 47.1 Å². The largest absolute Gasteiger partial charge is 0.487 e. The SMILES string of the molecule is Cc1cc(C)cc(OCc2cn3ccccc3n2)c1. The molecule has 3 rings (SSSR count). The summed E-state index contributed by atoms with van der Waals surface area (Å²) < 4.78 is 7.81. The molecule has 2 heterocycles. The molecule has 0 fully saturated rings. The van der Waals surface area contributed by atoms with Gasteiger partial charge in [-0.1, -0.05) is 12.1 Å². The minimum Gasteiger partial charge on any atom is -0.487 e. The van der Waals surface area contributed by atoms with E-state index in [9.17, 15) is 0 Å². The van der Waals surface area contributed by atoms with Crippen molar-refractivity contribution in [1.29, 1.82) is 0 Å². The summed E-state index contributed by atoms with van der Waals surface area (Å²) in [7, 11) is 0. The molecular formula is C16H16N2O. The third-order valence-electron chi connectivity index (χ3n) is 3.00. The van der Waals surface area contributed by atoms with E-state index in [4.69, 9.17) is 4.74 Å². The molecule has 0 unspecified atom stereocenters. The minimum absolute atomic E-state index is 0.491. The second-order valence-electron chi connectivity index (χ2n) is 4.81. The zero-order valence-electron chi connectivity index (χ0n) is 11.1. The average Bonchev–Trinajstić information content (AvgIpc) is 2.78. The van der Waals surface area contributed by atoms with Crippen LogP contribution in [0.2, 0.25) is 0 Å². The van der Waals surface area contributed by atoms with E-state index in [2.05, 4.69) is 24.9 Å². The Morgan fingerprint density at radius 2 is 1.89 bits per heavy atom. The molecule has 19 heavy (non-hydrogen) atoms. The minimum atomic E-state index is 0.491. The Morgan fingerprint density at radius 3 is 2.63 bits per heavy atom. The summed E-state index contributed by atoms with van der Waals surface area (Å²) >= 11 is 0. The fourth-order valence-electron chi connectivity index (χ4n) is 2.23. The van der Waals surface area contributed by atoms with Crippen molar-refractivity contribution in [2.45, 2.75) is 20.5 Å². The predicted molar refractivity (Wildman–Crippen MR) is 75.4 cm³/mol. The predicted octanol–water partition coefficient (Wildman–Crippen LogP) is 3.53.